The monoisotopic (exact) mass is 276 g/mol. The molecule has 1 aromatic rings. The molecule has 1 aromatic carbocycles. The highest BCUT2D eigenvalue weighted by molar-refractivity contribution is 5.89. The van der Waals surface area contributed by atoms with Crippen molar-refractivity contribution < 1.29 is 19.5 Å². The Morgan fingerprint density at radius 3 is 2.85 bits per heavy atom. The Hall–Kier alpha value is -2.37. The Kier molecular flexibility index (Phi) is 4.34. The third-order valence-electron chi connectivity index (χ3n) is 3.24. The van der Waals surface area contributed by atoms with Gasteiger partial charge in [-0.2, -0.15) is 0 Å². The molecule has 6 heteroatoms. The molecule has 1 aliphatic rings. The van der Waals surface area contributed by atoms with Gasteiger partial charge in [-0.25, -0.2) is 4.79 Å². The molecule has 1 heterocycles. The van der Waals surface area contributed by atoms with Gasteiger partial charge in [0.05, 0.1) is 11.5 Å². The van der Waals surface area contributed by atoms with Crippen LogP contribution in [-0.2, 0) is 16.0 Å². The lowest BCUT2D eigenvalue weighted by molar-refractivity contribution is -0.126. The minimum Gasteiger partial charge on any atom is -0.478 e. The molecule has 106 valence electrons. The van der Waals surface area contributed by atoms with Gasteiger partial charge in [0.2, 0.25) is 11.8 Å². The van der Waals surface area contributed by atoms with Crippen molar-refractivity contribution in [3.63, 3.8) is 0 Å². The zero-order valence-corrected chi connectivity index (χ0v) is 10.9. The largest absolute Gasteiger partial charge is 0.478 e. The fraction of sp³-hybridized carbons (Fsp3) is 0.357. The van der Waals surface area contributed by atoms with E-state index in [1.54, 1.807) is 12.1 Å². The lowest BCUT2D eigenvalue weighted by Gasteiger charge is -2.09. The molecule has 1 atom stereocenters. The van der Waals surface area contributed by atoms with E-state index in [4.69, 9.17) is 5.11 Å². The summed E-state index contributed by atoms with van der Waals surface area (Å²) in [6, 6.07) is 6.62. The number of carboxylic acids is 1. The number of carbonyl (C=O) groups excluding carboxylic acids is 2. The molecule has 0 aromatic heterocycles. The maximum absolute atomic E-state index is 11.8. The third kappa shape index (κ3) is 3.57. The lowest BCUT2D eigenvalue weighted by Crippen LogP contribution is -2.33. The minimum absolute atomic E-state index is 0.0979. The van der Waals surface area contributed by atoms with E-state index in [0.717, 1.165) is 5.56 Å². The molecule has 2 rings (SSSR count). The van der Waals surface area contributed by atoms with E-state index in [2.05, 4.69) is 10.6 Å². The molecule has 0 bridgehead atoms. The van der Waals surface area contributed by atoms with Gasteiger partial charge >= 0.3 is 5.97 Å². The summed E-state index contributed by atoms with van der Waals surface area (Å²) < 4.78 is 0. The van der Waals surface area contributed by atoms with E-state index in [1.165, 1.54) is 6.07 Å². The van der Waals surface area contributed by atoms with Gasteiger partial charge in [-0.1, -0.05) is 12.1 Å². The van der Waals surface area contributed by atoms with E-state index in [1.807, 2.05) is 6.07 Å². The van der Waals surface area contributed by atoms with Crippen LogP contribution in [0.1, 0.15) is 22.3 Å². The van der Waals surface area contributed by atoms with Crippen molar-refractivity contribution in [3.8, 4) is 0 Å². The first kappa shape index (κ1) is 14.0. The van der Waals surface area contributed by atoms with Crippen LogP contribution >= 0.6 is 0 Å². The van der Waals surface area contributed by atoms with E-state index >= 15 is 0 Å². The number of hydrogen-bond acceptors (Lipinski definition) is 3. The number of aromatic carboxylic acids is 1. The van der Waals surface area contributed by atoms with Gasteiger partial charge in [0.1, 0.15) is 0 Å². The van der Waals surface area contributed by atoms with Crippen LogP contribution in [0.15, 0.2) is 24.3 Å². The van der Waals surface area contributed by atoms with Crippen LogP contribution in [0.5, 0.6) is 0 Å². The first-order chi connectivity index (χ1) is 9.56. The molecule has 0 radical (unpaired) electrons. The van der Waals surface area contributed by atoms with Gasteiger partial charge in [0.25, 0.3) is 0 Å². The molecule has 0 aliphatic carbocycles. The van der Waals surface area contributed by atoms with Crippen LogP contribution in [0.4, 0.5) is 0 Å². The Morgan fingerprint density at radius 2 is 2.20 bits per heavy atom. The summed E-state index contributed by atoms with van der Waals surface area (Å²) in [5, 5.41) is 14.3. The predicted octanol–water partition coefficient (Wildman–Crippen LogP) is 0.180. The zero-order chi connectivity index (χ0) is 14.5. The molecule has 0 spiro atoms. The Balaban J connectivity index is 1.81. The smallest absolute Gasteiger partial charge is 0.335 e. The number of hydrogen-bond donors (Lipinski definition) is 3. The summed E-state index contributed by atoms with van der Waals surface area (Å²) in [5.41, 5.74) is 1.09. The molecule has 1 saturated heterocycles. The fourth-order valence-electron chi connectivity index (χ4n) is 2.12. The highest BCUT2D eigenvalue weighted by atomic mass is 16.4. The molecule has 3 N–H and O–H groups in total. The van der Waals surface area contributed by atoms with Crippen molar-refractivity contribution >= 4 is 17.8 Å². The van der Waals surface area contributed by atoms with E-state index in [9.17, 15) is 14.4 Å². The van der Waals surface area contributed by atoms with Crippen molar-refractivity contribution in [2.24, 2.45) is 5.92 Å². The molecular weight excluding hydrogens is 260 g/mol. The topological polar surface area (TPSA) is 95.5 Å². The third-order valence-corrected chi connectivity index (χ3v) is 3.24. The number of rotatable bonds is 5. The van der Waals surface area contributed by atoms with Crippen molar-refractivity contribution in [3.05, 3.63) is 35.4 Å². The van der Waals surface area contributed by atoms with Crippen LogP contribution in [0.3, 0.4) is 0 Å². The number of carboxylic acid groups (broad SMARTS) is 1. The van der Waals surface area contributed by atoms with Crippen molar-refractivity contribution in [2.75, 3.05) is 13.1 Å². The lowest BCUT2D eigenvalue weighted by atomic mass is 10.1. The number of benzene rings is 1. The second-order valence-electron chi connectivity index (χ2n) is 4.75. The van der Waals surface area contributed by atoms with Gasteiger partial charge in [0.15, 0.2) is 0 Å². The Morgan fingerprint density at radius 1 is 1.40 bits per heavy atom. The number of nitrogens with one attached hydrogen (secondary N) is 2. The van der Waals surface area contributed by atoms with E-state index < -0.39 is 5.97 Å². The zero-order valence-electron chi connectivity index (χ0n) is 10.9. The molecule has 2 amide bonds. The van der Waals surface area contributed by atoms with Crippen LogP contribution in [0.2, 0.25) is 0 Å². The molecule has 1 aliphatic heterocycles. The molecule has 20 heavy (non-hydrogen) atoms. The summed E-state index contributed by atoms with van der Waals surface area (Å²) in [6.07, 6.45) is 0.793. The average molecular weight is 276 g/mol. The normalized spacial score (nSPS) is 17.6. The number of amides is 2. The first-order valence-electron chi connectivity index (χ1n) is 6.43. The second-order valence-corrected chi connectivity index (χ2v) is 4.75. The summed E-state index contributed by atoms with van der Waals surface area (Å²) >= 11 is 0. The van der Waals surface area contributed by atoms with Crippen LogP contribution in [0, 0.1) is 5.92 Å². The fourth-order valence-corrected chi connectivity index (χ4v) is 2.12. The van der Waals surface area contributed by atoms with Gasteiger partial charge in [0, 0.05) is 19.5 Å². The molecule has 1 fully saturated rings. The predicted molar refractivity (Wildman–Crippen MR) is 71.2 cm³/mol. The van der Waals surface area contributed by atoms with Gasteiger partial charge in [-0.15, -0.1) is 0 Å². The average Bonchev–Trinajstić information content (AvgIpc) is 2.86. The molecule has 1 unspecified atom stereocenters. The quantitative estimate of drug-likeness (QED) is 0.715. The molecule has 6 nitrogen and oxygen atoms in total. The highest BCUT2D eigenvalue weighted by Crippen LogP contribution is 2.09. The van der Waals surface area contributed by atoms with Gasteiger partial charge in [-0.3, -0.25) is 9.59 Å². The maximum Gasteiger partial charge on any atom is 0.335 e. The maximum atomic E-state index is 11.8. The SMILES string of the molecule is O=C1CC(C(=O)NCCc2cccc(C(=O)O)c2)CN1. The van der Waals surface area contributed by atoms with Crippen LogP contribution < -0.4 is 10.6 Å². The molecule has 0 saturated carbocycles. The molecular formula is C14H16N2O4. The first-order valence-corrected chi connectivity index (χ1v) is 6.43. The summed E-state index contributed by atoms with van der Waals surface area (Å²) in [7, 11) is 0. The highest BCUT2D eigenvalue weighted by Gasteiger charge is 2.27. The van der Waals surface area contributed by atoms with Crippen molar-refractivity contribution in [2.45, 2.75) is 12.8 Å². The minimum atomic E-state index is -0.966. The van der Waals surface area contributed by atoms with Gasteiger partial charge < -0.3 is 15.7 Å². The standard InChI is InChI=1S/C14H16N2O4/c17-12-7-11(8-16-12)13(18)15-5-4-9-2-1-3-10(6-9)14(19)20/h1-3,6,11H,4-5,7-8H2,(H,15,18)(H,16,17)(H,19,20). The summed E-state index contributed by atoms with van der Waals surface area (Å²) in [6.45, 7) is 0.811. The number of carbonyl (C=O) groups is 3. The van der Waals surface area contributed by atoms with Crippen LogP contribution in [0.25, 0.3) is 0 Å². The summed E-state index contributed by atoms with van der Waals surface area (Å²) in [5.74, 6) is -1.50. The second kappa shape index (κ2) is 6.18. The van der Waals surface area contributed by atoms with E-state index in [-0.39, 0.29) is 29.7 Å². The van der Waals surface area contributed by atoms with Crippen molar-refractivity contribution in [1.82, 2.24) is 10.6 Å². The van der Waals surface area contributed by atoms with Gasteiger partial charge in [-0.05, 0) is 24.1 Å². The Labute approximate surface area is 116 Å². The van der Waals surface area contributed by atoms with Crippen LogP contribution in [-0.4, -0.2) is 36.0 Å². The van der Waals surface area contributed by atoms with E-state index in [0.29, 0.717) is 19.5 Å². The Bertz CT molecular complexity index is 542. The van der Waals surface area contributed by atoms with Crippen molar-refractivity contribution in [1.29, 1.82) is 0 Å². The summed E-state index contributed by atoms with van der Waals surface area (Å²) in [4.78, 5) is 33.6.